The van der Waals surface area contributed by atoms with E-state index in [9.17, 15) is 9.59 Å². The maximum absolute atomic E-state index is 12.6. The first kappa shape index (κ1) is 14.6. The number of carbonyl (C=O) groups excluding carboxylic acids is 1. The number of hydrogen-bond donors (Lipinski definition) is 1. The molecule has 1 aromatic rings. The van der Waals surface area contributed by atoms with Gasteiger partial charge in [0.25, 0.3) is 5.91 Å². The van der Waals surface area contributed by atoms with Crippen molar-refractivity contribution in [3.8, 4) is 0 Å². The summed E-state index contributed by atoms with van der Waals surface area (Å²) in [7, 11) is 0. The average molecular weight is 279 g/mol. The predicted octanol–water partition coefficient (Wildman–Crippen LogP) is 1.40. The third kappa shape index (κ3) is 2.42. The van der Waals surface area contributed by atoms with Crippen LogP contribution in [0, 0.1) is 5.92 Å². The molecule has 1 aliphatic heterocycles. The molecule has 1 aromatic heterocycles. The van der Waals surface area contributed by atoms with Crippen LogP contribution in [0.15, 0.2) is 6.07 Å². The molecule has 1 N–H and O–H groups in total. The number of carboxylic acids is 1. The van der Waals surface area contributed by atoms with E-state index in [1.165, 1.54) is 0 Å². The van der Waals surface area contributed by atoms with E-state index in [2.05, 4.69) is 5.10 Å². The van der Waals surface area contributed by atoms with Gasteiger partial charge in [0.1, 0.15) is 5.69 Å². The van der Waals surface area contributed by atoms with Crippen LogP contribution in [0.5, 0.6) is 0 Å². The summed E-state index contributed by atoms with van der Waals surface area (Å²) in [6, 6.07) is 1.54. The van der Waals surface area contributed by atoms with Gasteiger partial charge in [-0.05, 0) is 32.8 Å². The molecular formula is C14H21N3O3. The van der Waals surface area contributed by atoms with Crippen LogP contribution in [0.25, 0.3) is 0 Å². The monoisotopic (exact) mass is 279 g/mol. The normalized spacial score (nSPS) is 22.2. The molecule has 2 atom stereocenters. The van der Waals surface area contributed by atoms with Crippen LogP contribution in [0.4, 0.5) is 0 Å². The first-order valence-corrected chi connectivity index (χ1v) is 7.10. The Balaban J connectivity index is 2.24. The number of nitrogens with zero attached hydrogens (tertiary/aromatic N) is 3. The SMILES string of the molecule is CCc1cc(C(=O)N2CCC(C(=O)O)C2C)n(CC)n1. The molecule has 6 nitrogen and oxygen atoms in total. The Morgan fingerprint density at radius 3 is 2.65 bits per heavy atom. The van der Waals surface area contributed by atoms with Gasteiger partial charge in [0.15, 0.2) is 0 Å². The zero-order valence-corrected chi connectivity index (χ0v) is 12.2. The third-order valence-electron chi connectivity index (χ3n) is 4.04. The van der Waals surface area contributed by atoms with Gasteiger partial charge in [-0.3, -0.25) is 14.3 Å². The Bertz CT molecular complexity index is 524. The zero-order valence-electron chi connectivity index (χ0n) is 12.2. The van der Waals surface area contributed by atoms with E-state index in [4.69, 9.17) is 5.11 Å². The van der Waals surface area contributed by atoms with Crippen LogP contribution < -0.4 is 0 Å². The maximum Gasteiger partial charge on any atom is 0.308 e. The fourth-order valence-electron chi connectivity index (χ4n) is 2.76. The van der Waals surface area contributed by atoms with Gasteiger partial charge in [-0.2, -0.15) is 5.10 Å². The van der Waals surface area contributed by atoms with Crippen LogP contribution >= 0.6 is 0 Å². The van der Waals surface area contributed by atoms with Crippen molar-refractivity contribution in [1.29, 1.82) is 0 Å². The highest BCUT2D eigenvalue weighted by Gasteiger charge is 2.39. The Kier molecular flexibility index (Phi) is 4.11. The molecule has 0 radical (unpaired) electrons. The van der Waals surface area contributed by atoms with E-state index in [0.29, 0.717) is 25.2 Å². The first-order valence-electron chi connectivity index (χ1n) is 7.10. The number of likely N-dealkylation sites (tertiary alicyclic amines) is 1. The summed E-state index contributed by atoms with van der Waals surface area (Å²) >= 11 is 0. The number of aromatic nitrogens is 2. The number of hydrogen-bond acceptors (Lipinski definition) is 3. The minimum Gasteiger partial charge on any atom is -0.481 e. The van der Waals surface area contributed by atoms with Crippen LogP contribution in [0.1, 0.15) is 43.4 Å². The molecule has 1 aliphatic rings. The number of aryl methyl sites for hydroxylation is 2. The fraction of sp³-hybridized carbons (Fsp3) is 0.643. The molecule has 1 fully saturated rings. The second-order valence-electron chi connectivity index (χ2n) is 5.16. The molecule has 110 valence electrons. The minimum absolute atomic E-state index is 0.115. The molecule has 0 bridgehead atoms. The average Bonchev–Trinajstić information content (AvgIpc) is 3.01. The molecular weight excluding hydrogens is 258 g/mol. The summed E-state index contributed by atoms with van der Waals surface area (Å²) in [6.45, 7) is 6.86. The van der Waals surface area contributed by atoms with Crippen LogP contribution in [0.2, 0.25) is 0 Å². The molecule has 0 aromatic carbocycles. The summed E-state index contributed by atoms with van der Waals surface area (Å²) < 4.78 is 1.70. The van der Waals surface area contributed by atoms with Gasteiger partial charge in [0.05, 0.1) is 11.6 Å². The largest absolute Gasteiger partial charge is 0.481 e. The van der Waals surface area contributed by atoms with E-state index in [-0.39, 0.29) is 11.9 Å². The van der Waals surface area contributed by atoms with Crippen molar-refractivity contribution in [2.24, 2.45) is 5.92 Å². The van der Waals surface area contributed by atoms with E-state index in [1.54, 1.807) is 16.5 Å². The van der Waals surface area contributed by atoms with Crippen LogP contribution in [0.3, 0.4) is 0 Å². The summed E-state index contributed by atoms with van der Waals surface area (Å²) in [6.07, 6.45) is 1.30. The van der Waals surface area contributed by atoms with Crippen LogP contribution in [-0.4, -0.2) is 44.3 Å². The van der Waals surface area contributed by atoms with Crippen molar-refractivity contribution in [1.82, 2.24) is 14.7 Å². The van der Waals surface area contributed by atoms with Crippen molar-refractivity contribution in [3.05, 3.63) is 17.5 Å². The van der Waals surface area contributed by atoms with Gasteiger partial charge < -0.3 is 10.0 Å². The van der Waals surface area contributed by atoms with E-state index in [1.807, 2.05) is 19.9 Å². The van der Waals surface area contributed by atoms with E-state index in [0.717, 1.165) is 12.1 Å². The van der Waals surface area contributed by atoms with E-state index < -0.39 is 11.9 Å². The van der Waals surface area contributed by atoms with Gasteiger partial charge in [-0.15, -0.1) is 0 Å². The Morgan fingerprint density at radius 2 is 2.15 bits per heavy atom. The molecule has 0 saturated carbocycles. The van der Waals surface area contributed by atoms with Crippen molar-refractivity contribution in [2.45, 2.75) is 46.2 Å². The van der Waals surface area contributed by atoms with Gasteiger partial charge >= 0.3 is 5.97 Å². The topological polar surface area (TPSA) is 75.4 Å². The van der Waals surface area contributed by atoms with Crippen molar-refractivity contribution < 1.29 is 14.7 Å². The van der Waals surface area contributed by atoms with Gasteiger partial charge in [0.2, 0.25) is 0 Å². The van der Waals surface area contributed by atoms with Crippen molar-refractivity contribution in [3.63, 3.8) is 0 Å². The fourth-order valence-corrected chi connectivity index (χ4v) is 2.76. The molecule has 1 saturated heterocycles. The predicted molar refractivity (Wildman–Crippen MR) is 73.5 cm³/mol. The molecule has 2 heterocycles. The molecule has 20 heavy (non-hydrogen) atoms. The summed E-state index contributed by atoms with van der Waals surface area (Å²) in [5.41, 5.74) is 1.44. The lowest BCUT2D eigenvalue weighted by Gasteiger charge is -2.23. The first-order chi connectivity index (χ1) is 9.49. The van der Waals surface area contributed by atoms with Crippen molar-refractivity contribution >= 4 is 11.9 Å². The maximum atomic E-state index is 12.6. The van der Waals surface area contributed by atoms with Crippen LogP contribution in [-0.2, 0) is 17.8 Å². The third-order valence-corrected chi connectivity index (χ3v) is 4.04. The second kappa shape index (κ2) is 5.64. The quantitative estimate of drug-likeness (QED) is 0.904. The Hall–Kier alpha value is -1.85. The standard InChI is InChI=1S/C14H21N3O3/c1-4-10-8-12(17(5-2)15-10)13(18)16-7-6-11(9(16)3)14(19)20/h8-9,11H,4-7H2,1-3H3,(H,19,20). The Labute approximate surface area is 118 Å². The number of amides is 1. The lowest BCUT2D eigenvalue weighted by molar-refractivity contribution is -0.142. The lowest BCUT2D eigenvalue weighted by Crippen LogP contribution is -2.38. The number of carbonyl (C=O) groups is 2. The second-order valence-corrected chi connectivity index (χ2v) is 5.16. The number of rotatable bonds is 4. The van der Waals surface area contributed by atoms with Crippen molar-refractivity contribution in [2.75, 3.05) is 6.54 Å². The van der Waals surface area contributed by atoms with E-state index >= 15 is 0 Å². The highest BCUT2D eigenvalue weighted by atomic mass is 16.4. The zero-order chi connectivity index (χ0) is 14.9. The Morgan fingerprint density at radius 1 is 1.45 bits per heavy atom. The van der Waals surface area contributed by atoms with Gasteiger partial charge in [0, 0.05) is 19.1 Å². The number of carboxylic acid groups (broad SMARTS) is 1. The molecule has 0 aliphatic carbocycles. The number of aliphatic carboxylic acids is 1. The smallest absolute Gasteiger partial charge is 0.308 e. The highest BCUT2D eigenvalue weighted by molar-refractivity contribution is 5.93. The minimum atomic E-state index is -0.828. The lowest BCUT2D eigenvalue weighted by atomic mass is 10.0. The van der Waals surface area contributed by atoms with Gasteiger partial charge in [-0.1, -0.05) is 6.92 Å². The summed E-state index contributed by atoms with van der Waals surface area (Å²) in [5, 5.41) is 13.5. The summed E-state index contributed by atoms with van der Waals surface area (Å²) in [5.74, 6) is -1.41. The molecule has 2 unspecified atom stereocenters. The highest BCUT2D eigenvalue weighted by Crippen LogP contribution is 2.26. The molecule has 0 spiro atoms. The summed E-state index contributed by atoms with van der Waals surface area (Å²) in [4.78, 5) is 25.4. The molecule has 1 amide bonds. The molecule has 2 rings (SSSR count). The van der Waals surface area contributed by atoms with Gasteiger partial charge in [-0.25, -0.2) is 0 Å². The molecule has 6 heteroatoms.